The SMILES string of the molecule is COC(=O)CC1C=CC(O)=CC1. The van der Waals surface area contributed by atoms with Crippen LogP contribution in [0.2, 0.25) is 0 Å². The summed E-state index contributed by atoms with van der Waals surface area (Å²) >= 11 is 0. The van der Waals surface area contributed by atoms with E-state index in [0.29, 0.717) is 12.8 Å². The summed E-state index contributed by atoms with van der Waals surface area (Å²) in [5.74, 6) is 0.240. The second-order valence-corrected chi connectivity index (χ2v) is 2.76. The Kier molecular flexibility index (Phi) is 2.91. The first-order valence-corrected chi connectivity index (χ1v) is 3.86. The van der Waals surface area contributed by atoms with Gasteiger partial charge in [0, 0.05) is 0 Å². The first-order chi connectivity index (χ1) is 5.72. The lowest BCUT2D eigenvalue weighted by Crippen LogP contribution is -2.09. The van der Waals surface area contributed by atoms with Crippen molar-refractivity contribution in [2.75, 3.05) is 7.11 Å². The van der Waals surface area contributed by atoms with Crippen molar-refractivity contribution in [1.29, 1.82) is 0 Å². The zero-order valence-electron chi connectivity index (χ0n) is 6.99. The van der Waals surface area contributed by atoms with Crippen LogP contribution < -0.4 is 0 Å². The lowest BCUT2D eigenvalue weighted by atomic mass is 9.97. The molecule has 3 heteroatoms. The summed E-state index contributed by atoms with van der Waals surface area (Å²) in [5.41, 5.74) is 0. The number of hydrogen-bond acceptors (Lipinski definition) is 3. The Morgan fingerprint density at radius 1 is 1.83 bits per heavy atom. The second-order valence-electron chi connectivity index (χ2n) is 2.76. The molecule has 3 nitrogen and oxygen atoms in total. The summed E-state index contributed by atoms with van der Waals surface area (Å²) in [4.78, 5) is 10.8. The zero-order valence-corrected chi connectivity index (χ0v) is 6.99. The molecule has 0 spiro atoms. The van der Waals surface area contributed by atoms with E-state index in [2.05, 4.69) is 4.74 Å². The molecule has 0 aromatic carbocycles. The predicted octanol–water partition coefficient (Wildman–Crippen LogP) is 1.57. The fourth-order valence-corrected chi connectivity index (χ4v) is 1.10. The van der Waals surface area contributed by atoms with Gasteiger partial charge in [-0.1, -0.05) is 6.08 Å². The van der Waals surface area contributed by atoms with Gasteiger partial charge in [-0.3, -0.25) is 4.79 Å². The highest BCUT2D eigenvalue weighted by molar-refractivity contribution is 5.69. The molecule has 0 radical (unpaired) electrons. The maximum Gasteiger partial charge on any atom is 0.306 e. The van der Waals surface area contributed by atoms with Crippen molar-refractivity contribution in [3.05, 3.63) is 24.0 Å². The van der Waals surface area contributed by atoms with Crippen LogP contribution in [-0.4, -0.2) is 18.2 Å². The average molecular weight is 168 g/mol. The number of aliphatic hydroxyl groups is 1. The van der Waals surface area contributed by atoms with E-state index in [9.17, 15) is 4.79 Å². The summed E-state index contributed by atoms with van der Waals surface area (Å²) in [6, 6.07) is 0. The van der Waals surface area contributed by atoms with Crippen LogP contribution in [0, 0.1) is 5.92 Å². The van der Waals surface area contributed by atoms with Crippen LogP contribution in [0.5, 0.6) is 0 Å². The summed E-state index contributed by atoms with van der Waals surface area (Å²) < 4.78 is 4.52. The number of aliphatic hydroxyl groups excluding tert-OH is 1. The number of carbonyl (C=O) groups is 1. The maximum absolute atomic E-state index is 10.8. The minimum Gasteiger partial charge on any atom is -0.508 e. The van der Waals surface area contributed by atoms with Crippen LogP contribution in [0.4, 0.5) is 0 Å². The Hall–Kier alpha value is -1.25. The van der Waals surface area contributed by atoms with E-state index in [-0.39, 0.29) is 17.6 Å². The van der Waals surface area contributed by atoms with Gasteiger partial charge in [-0.2, -0.15) is 0 Å². The molecule has 0 aromatic heterocycles. The molecule has 0 heterocycles. The van der Waals surface area contributed by atoms with Crippen molar-refractivity contribution in [3.8, 4) is 0 Å². The van der Waals surface area contributed by atoms with Crippen molar-refractivity contribution in [2.45, 2.75) is 12.8 Å². The highest BCUT2D eigenvalue weighted by Crippen LogP contribution is 2.18. The topological polar surface area (TPSA) is 46.5 Å². The quantitative estimate of drug-likeness (QED) is 0.636. The largest absolute Gasteiger partial charge is 0.508 e. The van der Waals surface area contributed by atoms with Gasteiger partial charge in [-0.25, -0.2) is 0 Å². The monoisotopic (exact) mass is 168 g/mol. The lowest BCUT2D eigenvalue weighted by molar-refractivity contribution is -0.141. The second kappa shape index (κ2) is 3.95. The molecule has 0 aromatic rings. The number of ether oxygens (including phenoxy) is 1. The molecule has 1 unspecified atom stereocenters. The van der Waals surface area contributed by atoms with E-state index < -0.39 is 0 Å². The van der Waals surface area contributed by atoms with Gasteiger partial charge in [0.1, 0.15) is 5.76 Å². The van der Waals surface area contributed by atoms with Gasteiger partial charge in [0.15, 0.2) is 0 Å². The van der Waals surface area contributed by atoms with Crippen molar-refractivity contribution >= 4 is 5.97 Å². The highest BCUT2D eigenvalue weighted by atomic mass is 16.5. The average Bonchev–Trinajstić information content (AvgIpc) is 2.09. The molecule has 0 amide bonds. The van der Waals surface area contributed by atoms with E-state index in [1.807, 2.05) is 6.08 Å². The van der Waals surface area contributed by atoms with Crippen LogP contribution in [0.25, 0.3) is 0 Å². The molecule has 0 bridgehead atoms. The highest BCUT2D eigenvalue weighted by Gasteiger charge is 2.12. The van der Waals surface area contributed by atoms with Crippen LogP contribution >= 0.6 is 0 Å². The Morgan fingerprint density at radius 2 is 2.58 bits per heavy atom. The number of rotatable bonds is 2. The van der Waals surface area contributed by atoms with Crippen LogP contribution in [-0.2, 0) is 9.53 Å². The molecule has 1 rings (SSSR count). The maximum atomic E-state index is 10.8. The normalized spacial score (nSPS) is 21.8. The third kappa shape index (κ3) is 2.42. The molecule has 0 saturated heterocycles. The fourth-order valence-electron chi connectivity index (χ4n) is 1.10. The van der Waals surface area contributed by atoms with E-state index in [1.165, 1.54) is 7.11 Å². The number of hydrogen-bond donors (Lipinski definition) is 1. The van der Waals surface area contributed by atoms with Gasteiger partial charge in [0.25, 0.3) is 0 Å². The van der Waals surface area contributed by atoms with Gasteiger partial charge < -0.3 is 9.84 Å². The molecule has 0 fully saturated rings. The molecule has 0 saturated carbocycles. The van der Waals surface area contributed by atoms with E-state index in [1.54, 1.807) is 12.2 Å². The van der Waals surface area contributed by atoms with Gasteiger partial charge in [0.05, 0.1) is 13.5 Å². The smallest absolute Gasteiger partial charge is 0.306 e. The molecular weight excluding hydrogens is 156 g/mol. The van der Waals surface area contributed by atoms with Crippen LogP contribution in [0.15, 0.2) is 24.0 Å². The van der Waals surface area contributed by atoms with Crippen molar-refractivity contribution < 1.29 is 14.6 Å². The summed E-state index contributed by atoms with van der Waals surface area (Å²) in [5, 5.41) is 8.98. The third-order valence-electron chi connectivity index (χ3n) is 1.83. The molecular formula is C9H12O3. The molecule has 1 aliphatic rings. The Bertz CT molecular complexity index is 228. The number of carbonyl (C=O) groups excluding carboxylic acids is 1. The molecule has 12 heavy (non-hydrogen) atoms. The van der Waals surface area contributed by atoms with Gasteiger partial charge in [-0.15, -0.1) is 0 Å². The summed E-state index contributed by atoms with van der Waals surface area (Å²) in [6.07, 6.45) is 6.23. The van der Waals surface area contributed by atoms with Crippen LogP contribution in [0.3, 0.4) is 0 Å². The summed E-state index contributed by atoms with van der Waals surface area (Å²) in [6.45, 7) is 0. The van der Waals surface area contributed by atoms with Crippen molar-refractivity contribution in [1.82, 2.24) is 0 Å². The minimum absolute atomic E-state index is 0.174. The van der Waals surface area contributed by atoms with Crippen molar-refractivity contribution in [2.24, 2.45) is 5.92 Å². The van der Waals surface area contributed by atoms with Crippen molar-refractivity contribution in [3.63, 3.8) is 0 Å². The molecule has 66 valence electrons. The standard InChI is InChI=1S/C9H12O3/c1-12-9(11)6-7-2-4-8(10)5-3-7/h2,4-5,7,10H,3,6H2,1H3. The van der Waals surface area contributed by atoms with Gasteiger partial charge >= 0.3 is 5.97 Å². The summed E-state index contributed by atoms with van der Waals surface area (Å²) in [7, 11) is 1.38. The Morgan fingerprint density at radius 3 is 3.08 bits per heavy atom. The predicted molar refractivity (Wildman–Crippen MR) is 44.6 cm³/mol. The van der Waals surface area contributed by atoms with Gasteiger partial charge in [-0.05, 0) is 24.5 Å². The first kappa shape index (κ1) is 8.84. The van der Waals surface area contributed by atoms with Gasteiger partial charge in [0.2, 0.25) is 0 Å². The minimum atomic E-state index is -0.209. The molecule has 1 N–H and O–H groups in total. The van der Waals surface area contributed by atoms with E-state index in [4.69, 9.17) is 5.11 Å². The first-order valence-electron chi connectivity index (χ1n) is 3.86. The zero-order chi connectivity index (χ0) is 8.97. The van der Waals surface area contributed by atoms with Crippen LogP contribution in [0.1, 0.15) is 12.8 Å². The Labute approximate surface area is 71.3 Å². The number of allylic oxidation sites excluding steroid dienone is 3. The molecule has 1 atom stereocenters. The van der Waals surface area contributed by atoms with E-state index >= 15 is 0 Å². The Balaban J connectivity index is 2.38. The fraction of sp³-hybridized carbons (Fsp3) is 0.444. The molecule has 1 aliphatic carbocycles. The number of esters is 1. The lowest BCUT2D eigenvalue weighted by Gasteiger charge is -2.11. The third-order valence-corrected chi connectivity index (χ3v) is 1.83. The number of methoxy groups -OCH3 is 1. The molecule has 0 aliphatic heterocycles. The van der Waals surface area contributed by atoms with E-state index in [0.717, 1.165) is 0 Å².